The van der Waals surface area contributed by atoms with Crippen molar-refractivity contribution in [1.82, 2.24) is 0 Å². The van der Waals surface area contributed by atoms with Gasteiger partial charge < -0.3 is 5.73 Å². The van der Waals surface area contributed by atoms with Crippen molar-refractivity contribution in [1.29, 1.82) is 0 Å². The van der Waals surface area contributed by atoms with Gasteiger partial charge in [0.1, 0.15) is 0 Å². The zero-order valence-electron chi connectivity index (χ0n) is 12.5. The fraction of sp³-hybridized carbons (Fsp3) is 0.667. The van der Waals surface area contributed by atoms with Crippen LogP contribution in [-0.2, 0) is 11.8 Å². The molecule has 1 aliphatic carbocycles. The Morgan fingerprint density at radius 1 is 1.11 bits per heavy atom. The van der Waals surface area contributed by atoms with Crippen LogP contribution < -0.4 is 5.73 Å². The molecule has 1 aromatic carbocycles. The Morgan fingerprint density at radius 2 is 1.89 bits per heavy atom. The van der Waals surface area contributed by atoms with Gasteiger partial charge in [0.05, 0.1) is 0 Å². The number of rotatable bonds is 7. The predicted octanol–water partition coefficient (Wildman–Crippen LogP) is 4.58. The highest BCUT2D eigenvalue weighted by Crippen LogP contribution is 2.40. The van der Waals surface area contributed by atoms with Gasteiger partial charge in [-0.1, -0.05) is 63.3 Å². The molecule has 0 saturated heterocycles. The number of aryl methyl sites for hydroxylation is 1. The van der Waals surface area contributed by atoms with Crippen LogP contribution in [0.3, 0.4) is 0 Å². The van der Waals surface area contributed by atoms with Gasteiger partial charge in [-0.25, -0.2) is 0 Å². The molecule has 0 heterocycles. The highest BCUT2D eigenvalue weighted by Gasteiger charge is 2.34. The first-order valence-corrected chi connectivity index (χ1v) is 8.11. The first-order valence-electron chi connectivity index (χ1n) is 8.11. The van der Waals surface area contributed by atoms with Crippen molar-refractivity contribution in [3.05, 3.63) is 35.4 Å². The molecule has 1 aromatic rings. The Hall–Kier alpha value is -0.820. The summed E-state index contributed by atoms with van der Waals surface area (Å²) in [5.41, 5.74) is 9.58. The highest BCUT2D eigenvalue weighted by atomic mass is 14.6. The molecule has 106 valence electrons. The van der Waals surface area contributed by atoms with Crippen LogP contribution in [0.1, 0.15) is 69.4 Å². The molecule has 0 aromatic heterocycles. The molecular formula is C18H29N. The van der Waals surface area contributed by atoms with E-state index in [4.69, 9.17) is 5.73 Å². The van der Waals surface area contributed by atoms with E-state index >= 15 is 0 Å². The lowest BCUT2D eigenvalue weighted by atomic mass is 9.67. The summed E-state index contributed by atoms with van der Waals surface area (Å²) in [7, 11) is 0. The minimum Gasteiger partial charge on any atom is -0.330 e. The number of benzene rings is 1. The molecule has 1 nitrogen and oxygen atoms in total. The van der Waals surface area contributed by atoms with Crippen LogP contribution in [0.2, 0.25) is 0 Å². The molecule has 1 unspecified atom stereocenters. The summed E-state index contributed by atoms with van der Waals surface area (Å²) < 4.78 is 0. The van der Waals surface area contributed by atoms with Crippen molar-refractivity contribution in [3.63, 3.8) is 0 Å². The molecule has 19 heavy (non-hydrogen) atoms. The Morgan fingerprint density at radius 3 is 2.68 bits per heavy atom. The Kier molecular flexibility index (Phi) is 5.45. The standard InChI is InChI=1S/C18H29N/c1-2-3-4-5-8-13-18(15-19)14-9-11-16-10-6-7-12-17(16)18/h6-7,10,12H,2-5,8-9,11,13-15,19H2,1H3. The number of nitrogens with two attached hydrogens (primary N) is 1. The first kappa shape index (κ1) is 14.6. The average molecular weight is 259 g/mol. The number of hydrogen-bond acceptors (Lipinski definition) is 1. The first-order chi connectivity index (χ1) is 9.32. The fourth-order valence-corrected chi connectivity index (χ4v) is 3.65. The van der Waals surface area contributed by atoms with Crippen LogP contribution in [-0.4, -0.2) is 6.54 Å². The summed E-state index contributed by atoms with van der Waals surface area (Å²) in [6.07, 6.45) is 11.9. The lowest BCUT2D eigenvalue weighted by Gasteiger charge is -2.38. The second-order valence-electron chi connectivity index (χ2n) is 6.16. The highest BCUT2D eigenvalue weighted by molar-refractivity contribution is 5.37. The summed E-state index contributed by atoms with van der Waals surface area (Å²) in [5, 5.41) is 0. The van der Waals surface area contributed by atoms with Gasteiger partial charge in [0.25, 0.3) is 0 Å². The monoisotopic (exact) mass is 259 g/mol. The minimum atomic E-state index is 0.279. The maximum Gasteiger partial charge on any atom is 0.00784 e. The van der Waals surface area contributed by atoms with Crippen molar-refractivity contribution in [3.8, 4) is 0 Å². The van der Waals surface area contributed by atoms with Gasteiger partial charge in [-0.15, -0.1) is 0 Å². The van der Waals surface area contributed by atoms with Gasteiger partial charge in [-0.05, 0) is 36.8 Å². The molecule has 0 spiro atoms. The van der Waals surface area contributed by atoms with Crippen LogP contribution in [0, 0.1) is 0 Å². The average Bonchev–Trinajstić information content (AvgIpc) is 2.47. The summed E-state index contributed by atoms with van der Waals surface area (Å²) in [4.78, 5) is 0. The van der Waals surface area contributed by atoms with Crippen LogP contribution >= 0.6 is 0 Å². The Bertz CT molecular complexity index is 385. The van der Waals surface area contributed by atoms with E-state index in [1.54, 1.807) is 11.1 Å². The van der Waals surface area contributed by atoms with E-state index in [0.717, 1.165) is 6.54 Å². The van der Waals surface area contributed by atoms with Gasteiger partial charge >= 0.3 is 0 Å². The van der Waals surface area contributed by atoms with Crippen molar-refractivity contribution in [2.75, 3.05) is 6.54 Å². The van der Waals surface area contributed by atoms with E-state index < -0.39 is 0 Å². The van der Waals surface area contributed by atoms with E-state index in [9.17, 15) is 0 Å². The molecule has 0 fully saturated rings. The summed E-state index contributed by atoms with van der Waals surface area (Å²) in [6.45, 7) is 3.09. The topological polar surface area (TPSA) is 26.0 Å². The van der Waals surface area contributed by atoms with Gasteiger partial charge in [-0.2, -0.15) is 0 Å². The minimum absolute atomic E-state index is 0.279. The second kappa shape index (κ2) is 7.09. The number of unbranched alkanes of at least 4 members (excludes halogenated alkanes) is 4. The van der Waals surface area contributed by atoms with Crippen LogP contribution in [0.4, 0.5) is 0 Å². The lowest BCUT2D eigenvalue weighted by molar-refractivity contribution is 0.329. The predicted molar refractivity (Wildman–Crippen MR) is 83.5 cm³/mol. The van der Waals surface area contributed by atoms with E-state index in [2.05, 4.69) is 31.2 Å². The summed E-state index contributed by atoms with van der Waals surface area (Å²) in [5.74, 6) is 0. The smallest absolute Gasteiger partial charge is 0.00784 e. The molecular weight excluding hydrogens is 230 g/mol. The zero-order valence-corrected chi connectivity index (χ0v) is 12.5. The van der Waals surface area contributed by atoms with Crippen LogP contribution in [0.5, 0.6) is 0 Å². The summed E-state index contributed by atoms with van der Waals surface area (Å²) in [6, 6.07) is 8.99. The van der Waals surface area contributed by atoms with Crippen LogP contribution in [0.15, 0.2) is 24.3 Å². The Labute approximate surface area is 118 Å². The molecule has 0 saturated carbocycles. The van der Waals surface area contributed by atoms with E-state index in [0.29, 0.717) is 0 Å². The third kappa shape index (κ3) is 3.39. The van der Waals surface area contributed by atoms with E-state index in [-0.39, 0.29) is 5.41 Å². The lowest BCUT2D eigenvalue weighted by Crippen LogP contribution is -2.38. The zero-order chi connectivity index (χ0) is 13.6. The molecule has 0 amide bonds. The molecule has 0 bridgehead atoms. The molecule has 1 heteroatoms. The molecule has 0 radical (unpaired) electrons. The van der Waals surface area contributed by atoms with Gasteiger partial charge in [0.15, 0.2) is 0 Å². The number of fused-ring (bicyclic) bond motifs is 1. The molecule has 0 aliphatic heterocycles. The molecule has 1 atom stereocenters. The normalized spacial score (nSPS) is 22.2. The van der Waals surface area contributed by atoms with Crippen molar-refractivity contribution in [2.24, 2.45) is 5.73 Å². The second-order valence-corrected chi connectivity index (χ2v) is 6.16. The van der Waals surface area contributed by atoms with Crippen molar-refractivity contribution >= 4 is 0 Å². The van der Waals surface area contributed by atoms with Gasteiger partial charge in [0.2, 0.25) is 0 Å². The number of hydrogen-bond donors (Lipinski definition) is 1. The molecule has 2 N–H and O–H groups in total. The van der Waals surface area contributed by atoms with Crippen molar-refractivity contribution in [2.45, 2.75) is 70.1 Å². The third-order valence-corrected chi connectivity index (χ3v) is 4.84. The fourth-order valence-electron chi connectivity index (χ4n) is 3.65. The van der Waals surface area contributed by atoms with Gasteiger partial charge in [-0.3, -0.25) is 0 Å². The van der Waals surface area contributed by atoms with E-state index in [1.165, 1.54) is 57.8 Å². The molecule has 2 rings (SSSR count). The van der Waals surface area contributed by atoms with E-state index in [1.807, 2.05) is 0 Å². The maximum atomic E-state index is 6.19. The third-order valence-electron chi connectivity index (χ3n) is 4.84. The van der Waals surface area contributed by atoms with Crippen LogP contribution in [0.25, 0.3) is 0 Å². The SMILES string of the molecule is CCCCCCCC1(CN)CCCc2ccccc21. The van der Waals surface area contributed by atoms with Gasteiger partial charge in [0, 0.05) is 12.0 Å². The largest absolute Gasteiger partial charge is 0.330 e. The van der Waals surface area contributed by atoms with Crippen molar-refractivity contribution < 1.29 is 0 Å². The summed E-state index contributed by atoms with van der Waals surface area (Å²) >= 11 is 0. The maximum absolute atomic E-state index is 6.19. The quantitative estimate of drug-likeness (QED) is 0.713. The Balaban J connectivity index is 2.02. The molecule has 1 aliphatic rings.